The van der Waals surface area contributed by atoms with Crippen LogP contribution in [0.4, 0.5) is 0 Å². The summed E-state index contributed by atoms with van der Waals surface area (Å²) in [7, 11) is 0. The SMILES string of the molecule is CCCCCCCCCCO[C@H]1[C@H](O)[C@@H](O)[C@@H](O)O[C@@H]1CO. The van der Waals surface area contributed by atoms with Gasteiger partial charge in [0.1, 0.15) is 24.4 Å². The molecule has 0 amide bonds. The second-order valence-electron chi connectivity index (χ2n) is 6.04. The first-order chi connectivity index (χ1) is 10.6. The summed E-state index contributed by atoms with van der Waals surface area (Å²) >= 11 is 0. The molecule has 22 heavy (non-hydrogen) atoms. The van der Waals surface area contributed by atoms with Gasteiger partial charge in [0.15, 0.2) is 6.29 Å². The van der Waals surface area contributed by atoms with E-state index in [1.165, 1.54) is 38.5 Å². The molecule has 1 saturated heterocycles. The third-order valence-corrected chi connectivity index (χ3v) is 4.15. The zero-order chi connectivity index (χ0) is 16.4. The minimum atomic E-state index is -1.49. The zero-order valence-corrected chi connectivity index (χ0v) is 13.6. The molecule has 6 nitrogen and oxygen atoms in total. The average molecular weight is 320 g/mol. The maximum Gasteiger partial charge on any atom is 0.184 e. The van der Waals surface area contributed by atoms with Crippen LogP contribution < -0.4 is 0 Å². The Kier molecular flexibility index (Phi) is 10.2. The summed E-state index contributed by atoms with van der Waals surface area (Å²) in [4.78, 5) is 0. The van der Waals surface area contributed by atoms with Crippen LogP contribution in [0.15, 0.2) is 0 Å². The molecule has 1 aliphatic heterocycles. The molecule has 0 aromatic heterocycles. The van der Waals surface area contributed by atoms with Gasteiger partial charge in [-0.15, -0.1) is 0 Å². The normalized spacial score (nSPS) is 32.3. The Morgan fingerprint density at radius 3 is 2.05 bits per heavy atom. The van der Waals surface area contributed by atoms with Gasteiger partial charge in [0, 0.05) is 6.61 Å². The van der Waals surface area contributed by atoms with Crippen LogP contribution in [-0.4, -0.2) is 64.3 Å². The molecule has 1 rings (SSSR count). The van der Waals surface area contributed by atoms with E-state index in [4.69, 9.17) is 9.47 Å². The lowest BCUT2D eigenvalue weighted by molar-refractivity contribution is -0.294. The number of rotatable bonds is 11. The molecule has 5 atom stereocenters. The molecule has 0 unspecified atom stereocenters. The molecular formula is C16H32O6. The summed E-state index contributed by atoms with van der Waals surface area (Å²) in [6, 6.07) is 0. The van der Waals surface area contributed by atoms with Crippen molar-refractivity contribution in [1.82, 2.24) is 0 Å². The highest BCUT2D eigenvalue weighted by Crippen LogP contribution is 2.22. The summed E-state index contributed by atoms with van der Waals surface area (Å²) in [6.45, 7) is 2.28. The van der Waals surface area contributed by atoms with Crippen molar-refractivity contribution in [2.24, 2.45) is 0 Å². The Morgan fingerprint density at radius 2 is 1.45 bits per heavy atom. The van der Waals surface area contributed by atoms with Gasteiger partial charge < -0.3 is 29.9 Å². The van der Waals surface area contributed by atoms with Gasteiger partial charge in [-0.05, 0) is 6.42 Å². The van der Waals surface area contributed by atoms with E-state index in [0.717, 1.165) is 12.8 Å². The first-order valence-corrected chi connectivity index (χ1v) is 8.54. The molecule has 0 radical (unpaired) electrons. The average Bonchev–Trinajstić information content (AvgIpc) is 2.52. The van der Waals surface area contributed by atoms with Crippen LogP contribution in [0.5, 0.6) is 0 Å². The van der Waals surface area contributed by atoms with Crippen molar-refractivity contribution in [2.75, 3.05) is 13.2 Å². The molecule has 1 heterocycles. The first kappa shape index (κ1) is 19.8. The smallest absolute Gasteiger partial charge is 0.184 e. The van der Waals surface area contributed by atoms with Gasteiger partial charge in [-0.3, -0.25) is 0 Å². The van der Waals surface area contributed by atoms with Crippen molar-refractivity contribution in [3.05, 3.63) is 0 Å². The van der Waals surface area contributed by atoms with Gasteiger partial charge >= 0.3 is 0 Å². The Bertz CT molecular complexity index is 273. The quantitative estimate of drug-likeness (QED) is 0.423. The summed E-state index contributed by atoms with van der Waals surface area (Å²) in [5, 5.41) is 38.1. The van der Waals surface area contributed by atoms with E-state index in [-0.39, 0.29) is 6.61 Å². The maximum atomic E-state index is 9.91. The lowest BCUT2D eigenvalue weighted by Gasteiger charge is -2.40. The fraction of sp³-hybridized carbons (Fsp3) is 1.00. The zero-order valence-electron chi connectivity index (χ0n) is 13.6. The predicted octanol–water partition coefficient (Wildman–Crippen LogP) is 0.944. The van der Waals surface area contributed by atoms with E-state index in [0.29, 0.717) is 6.61 Å². The van der Waals surface area contributed by atoms with E-state index >= 15 is 0 Å². The van der Waals surface area contributed by atoms with Crippen molar-refractivity contribution in [3.63, 3.8) is 0 Å². The molecule has 1 aliphatic rings. The highest BCUT2D eigenvalue weighted by Gasteiger charge is 2.44. The lowest BCUT2D eigenvalue weighted by atomic mass is 9.99. The monoisotopic (exact) mass is 320 g/mol. The van der Waals surface area contributed by atoms with E-state index in [2.05, 4.69) is 6.92 Å². The standard InChI is InChI=1S/C16H32O6/c1-2-3-4-5-6-7-8-9-10-21-15-12(11-17)22-16(20)14(19)13(15)18/h12-20H,2-11H2,1H3/t12-,13-,14-,15-,16+/m1/s1. The molecule has 0 saturated carbocycles. The molecule has 1 fully saturated rings. The second-order valence-corrected chi connectivity index (χ2v) is 6.04. The molecule has 0 aromatic carbocycles. The first-order valence-electron chi connectivity index (χ1n) is 8.54. The summed E-state index contributed by atoms with van der Waals surface area (Å²) in [5.74, 6) is 0. The third kappa shape index (κ3) is 6.48. The highest BCUT2D eigenvalue weighted by atomic mass is 16.6. The van der Waals surface area contributed by atoms with Gasteiger partial charge in [-0.2, -0.15) is 0 Å². The number of hydrogen-bond acceptors (Lipinski definition) is 6. The molecule has 0 bridgehead atoms. The maximum absolute atomic E-state index is 9.91. The molecule has 0 aromatic rings. The summed E-state index contributed by atoms with van der Waals surface area (Å²) < 4.78 is 10.6. The van der Waals surface area contributed by atoms with Crippen molar-refractivity contribution < 1.29 is 29.9 Å². The third-order valence-electron chi connectivity index (χ3n) is 4.15. The van der Waals surface area contributed by atoms with Gasteiger partial charge in [-0.25, -0.2) is 0 Å². The fourth-order valence-electron chi connectivity index (χ4n) is 2.73. The number of aliphatic hydroxyl groups excluding tert-OH is 4. The molecule has 0 aliphatic carbocycles. The van der Waals surface area contributed by atoms with Crippen LogP contribution in [0, 0.1) is 0 Å². The van der Waals surface area contributed by atoms with Crippen LogP contribution in [0.2, 0.25) is 0 Å². The van der Waals surface area contributed by atoms with Gasteiger partial charge in [-0.1, -0.05) is 51.9 Å². The Labute approximate surface area is 133 Å². The largest absolute Gasteiger partial charge is 0.394 e. The van der Waals surface area contributed by atoms with Gasteiger partial charge in [0.2, 0.25) is 0 Å². The van der Waals surface area contributed by atoms with Crippen LogP contribution in [-0.2, 0) is 9.47 Å². The highest BCUT2D eigenvalue weighted by molar-refractivity contribution is 4.89. The van der Waals surface area contributed by atoms with Crippen molar-refractivity contribution >= 4 is 0 Å². The minimum absolute atomic E-state index is 0.372. The fourth-order valence-corrected chi connectivity index (χ4v) is 2.73. The van der Waals surface area contributed by atoms with Crippen LogP contribution in [0.25, 0.3) is 0 Å². The van der Waals surface area contributed by atoms with Crippen LogP contribution in [0.1, 0.15) is 58.3 Å². The summed E-state index contributed by atoms with van der Waals surface area (Å²) in [6.07, 6.45) is 3.69. The Hall–Kier alpha value is -0.240. The Morgan fingerprint density at radius 1 is 0.864 bits per heavy atom. The molecular weight excluding hydrogens is 288 g/mol. The van der Waals surface area contributed by atoms with Crippen LogP contribution in [0.3, 0.4) is 0 Å². The van der Waals surface area contributed by atoms with Gasteiger partial charge in [0.05, 0.1) is 6.61 Å². The van der Waals surface area contributed by atoms with Crippen molar-refractivity contribution in [3.8, 4) is 0 Å². The molecule has 132 valence electrons. The van der Waals surface area contributed by atoms with E-state index < -0.39 is 30.7 Å². The second kappa shape index (κ2) is 11.3. The number of unbranched alkanes of at least 4 members (excludes halogenated alkanes) is 7. The number of aliphatic hydroxyl groups is 4. The number of hydrogen-bond donors (Lipinski definition) is 4. The van der Waals surface area contributed by atoms with Gasteiger partial charge in [0.25, 0.3) is 0 Å². The van der Waals surface area contributed by atoms with Crippen molar-refractivity contribution in [2.45, 2.75) is 89.0 Å². The number of ether oxygens (including phenoxy) is 2. The predicted molar refractivity (Wildman–Crippen MR) is 82.3 cm³/mol. The molecule has 4 N–H and O–H groups in total. The Balaban J connectivity index is 2.14. The minimum Gasteiger partial charge on any atom is -0.394 e. The van der Waals surface area contributed by atoms with E-state index in [1.807, 2.05) is 0 Å². The van der Waals surface area contributed by atoms with Crippen molar-refractivity contribution in [1.29, 1.82) is 0 Å². The topological polar surface area (TPSA) is 99.4 Å². The van der Waals surface area contributed by atoms with E-state index in [1.54, 1.807) is 0 Å². The van der Waals surface area contributed by atoms with Crippen LogP contribution >= 0.6 is 0 Å². The summed E-state index contributed by atoms with van der Waals surface area (Å²) in [5.41, 5.74) is 0. The molecule has 6 heteroatoms. The van der Waals surface area contributed by atoms with E-state index in [9.17, 15) is 20.4 Å². The molecule has 0 spiro atoms. The lowest BCUT2D eigenvalue weighted by Crippen LogP contribution is -2.59.